The fraction of sp³-hybridized carbons (Fsp3) is 1.00. The second kappa shape index (κ2) is 6.60. The zero-order chi connectivity index (χ0) is 23.2. The average Bonchev–Trinajstić information content (AvgIpc) is 2.99. The minimum atomic E-state index is -4.32. The van der Waals surface area contributed by atoms with Crippen molar-refractivity contribution in [1.29, 1.82) is 0 Å². The average molecular weight is 452 g/mol. The van der Waals surface area contributed by atoms with Crippen molar-refractivity contribution in [3.8, 4) is 0 Å². The van der Waals surface area contributed by atoms with Crippen LogP contribution in [0.3, 0.4) is 0 Å². The summed E-state index contributed by atoms with van der Waals surface area (Å²) in [5.74, 6) is -3.52. The van der Waals surface area contributed by atoms with Gasteiger partial charge >= 0.3 is 10.3 Å². The molecular weight excluding hydrogens is 414 g/mol. The quantitative estimate of drug-likeness (QED) is 0.678. The maximum absolute atomic E-state index is 11.9. The van der Waals surface area contributed by atoms with E-state index >= 15 is 0 Å². The first-order chi connectivity index (χ1) is 13.3. The van der Waals surface area contributed by atoms with Crippen LogP contribution in [0.4, 0.5) is 0 Å². The highest BCUT2D eigenvalue weighted by atomic mass is 32.2. The highest BCUT2D eigenvalue weighted by Gasteiger charge is 2.79. The monoisotopic (exact) mass is 451 g/mol. The summed E-state index contributed by atoms with van der Waals surface area (Å²) < 4.78 is 61.5. The Bertz CT molecular complexity index is 814. The second-order valence-corrected chi connectivity index (χ2v) is 11.6. The van der Waals surface area contributed by atoms with Crippen LogP contribution in [0.5, 0.6) is 0 Å². The Labute approximate surface area is 180 Å². The van der Waals surface area contributed by atoms with E-state index in [0.717, 1.165) is 0 Å². The van der Waals surface area contributed by atoms with E-state index < -0.39 is 56.7 Å². The van der Waals surface area contributed by atoms with Gasteiger partial charge in [-0.3, -0.25) is 0 Å². The van der Waals surface area contributed by atoms with Gasteiger partial charge in [-0.1, -0.05) is 20.8 Å². The molecule has 0 aromatic heterocycles. The van der Waals surface area contributed by atoms with E-state index in [1.165, 1.54) is 0 Å². The van der Waals surface area contributed by atoms with Gasteiger partial charge in [0, 0.05) is 5.92 Å². The van der Waals surface area contributed by atoms with Crippen LogP contribution < -0.4 is 5.14 Å². The molecular formula is C20H37NO8S. The lowest BCUT2D eigenvalue weighted by Gasteiger charge is -2.57. The summed E-state index contributed by atoms with van der Waals surface area (Å²) in [5, 5.41) is 5.23. The van der Waals surface area contributed by atoms with Gasteiger partial charge in [0.05, 0.1) is 5.60 Å². The lowest BCUT2D eigenvalue weighted by molar-refractivity contribution is -0.392. The fourth-order valence-electron chi connectivity index (χ4n) is 4.60. The highest BCUT2D eigenvalue weighted by molar-refractivity contribution is 7.84. The van der Waals surface area contributed by atoms with Gasteiger partial charge in [0.15, 0.2) is 11.6 Å². The first kappa shape index (κ1) is 24.3. The zero-order valence-corrected chi connectivity index (χ0v) is 20.5. The van der Waals surface area contributed by atoms with E-state index in [1.54, 1.807) is 20.8 Å². The van der Waals surface area contributed by atoms with Crippen LogP contribution in [0.15, 0.2) is 0 Å². The van der Waals surface area contributed by atoms with Gasteiger partial charge in [0.25, 0.3) is 0 Å². The van der Waals surface area contributed by atoms with E-state index in [4.69, 9.17) is 33.0 Å². The van der Waals surface area contributed by atoms with Crippen molar-refractivity contribution in [2.45, 2.75) is 122 Å². The molecule has 10 heteroatoms. The first-order valence-electron chi connectivity index (χ1n) is 10.5. The maximum atomic E-state index is 11.9. The molecule has 0 aromatic carbocycles. The predicted octanol–water partition coefficient (Wildman–Crippen LogP) is 2.58. The normalized spacial score (nSPS) is 46.1. The van der Waals surface area contributed by atoms with Crippen LogP contribution >= 0.6 is 0 Å². The SMILES string of the molecule is CCC1(C)O[C@H]2[C@@H]3OC(C)(C(C)C)O[C@]3(C)C(C)(C)O[C@@]2(C(C)(C)OS(N)(=O)=O)O1. The van der Waals surface area contributed by atoms with E-state index in [0.29, 0.717) is 6.42 Å². The van der Waals surface area contributed by atoms with Gasteiger partial charge in [0.2, 0.25) is 5.79 Å². The van der Waals surface area contributed by atoms with Crippen molar-refractivity contribution in [1.82, 2.24) is 0 Å². The Balaban J connectivity index is 2.20. The summed E-state index contributed by atoms with van der Waals surface area (Å²) in [6.07, 6.45) is -0.963. The molecule has 3 fully saturated rings. The Morgan fingerprint density at radius 2 is 1.57 bits per heavy atom. The van der Waals surface area contributed by atoms with Crippen molar-refractivity contribution in [3.05, 3.63) is 0 Å². The van der Waals surface area contributed by atoms with Gasteiger partial charge in [-0.05, 0) is 54.9 Å². The fourth-order valence-corrected chi connectivity index (χ4v) is 5.30. The largest absolute Gasteiger partial charge is 0.341 e. The van der Waals surface area contributed by atoms with Crippen LogP contribution in [0, 0.1) is 5.92 Å². The Morgan fingerprint density at radius 3 is 2.03 bits per heavy atom. The van der Waals surface area contributed by atoms with E-state index in [9.17, 15) is 8.42 Å². The molecule has 0 aliphatic carbocycles. The molecule has 3 saturated heterocycles. The molecule has 3 rings (SSSR count). The molecule has 0 amide bonds. The van der Waals surface area contributed by atoms with Gasteiger partial charge in [-0.2, -0.15) is 8.42 Å². The third-order valence-corrected chi connectivity index (χ3v) is 7.82. The van der Waals surface area contributed by atoms with Crippen LogP contribution in [0.25, 0.3) is 0 Å². The van der Waals surface area contributed by atoms with Gasteiger partial charge < -0.3 is 23.7 Å². The van der Waals surface area contributed by atoms with Crippen LogP contribution in [0.2, 0.25) is 0 Å². The van der Waals surface area contributed by atoms with Gasteiger partial charge in [0.1, 0.15) is 23.4 Å². The summed E-state index contributed by atoms with van der Waals surface area (Å²) in [6, 6.07) is 0. The molecule has 0 aromatic rings. The van der Waals surface area contributed by atoms with Gasteiger partial charge in [-0.15, -0.1) is 0 Å². The third-order valence-electron chi connectivity index (χ3n) is 7.17. The number of hydrogen-bond acceptors (Lipinski definition) is 8. The molecule has 0 spiro atoms. The van der Waals surface area contributed by atoms with E-state index in [-0.39, 0.29) is 5.92 Å². The topological polar surface area (TPSA) is 116 Å². The molecule has 2 N–H and O–H groups in total. The molecule has 3 aliphatic heterocycles. The number of nitrogens with two attached hydrogens (primary N) is 1. The minimum absolute atomic E-state index is 0.0404. The first-order valence-corrected chi connectivity index (χ1v) is 11.9. The van der Waals surface area contributed by atoms with E-state index in [2.05, 4.69) is 0 Å². The number of fused-ring (bicyclic) bond motifs is 3. The van der Waals surface area contributed by atoms with Crippen molar-refractivity contribution < 1.29 is 36.3 Å². The van der Waals surface area contributed by atoms with E-state index in [1.807, 2.05) is 48.5 Å². The van der Waals surface area contributed by atoms with Crippen molar-refractivity contribution in [2.24, 2.45) is 11.1 Å². The summed E-state index contributed by atoms with van der Waals surface area (Å²) in [7, 11) is -4.32. The lowest BCUT2D eigenvalue weighted by atomic mass is 9.72. The molecule has 176 valence electrons. The van der Waals surface area contributed by atoms with Crippen molar-refractivity contribution in [2.75, 3.05) is 0 Å². The molecule has 0 bridgehead atoms. The summed E-state index contributed by atoms with van der Waals surface area (Å²) >= 11 is 0. The number of hydrogen-bond donors (Lipinski definition) is 1. The Hall–Kier alpha value is -0.330. The molecule has 2 unspecified atom stereocenters. The molecule has 30 heavy (non-hydrogen) atoms. The summed E-state index contributed by atoms with van der Waals surface area (Å²) in [4.78, 5) is 0. The smallest absolute Gasteiger partial charge is 0.333 e. The molecule has 3 aliphatic rings. The molecule has 0 saturated carbocycles. The minimum Gasteiger partial charge on any atom is -0.341 e. The molecule has 3 heterocycles. The van der Waals surface area contributed by atoms with Crippen molar-refractivity contribution >= 4 is 10.3 Å². The maximum Gasteiger partial charge on any atom is 0.333 e. The lowest BCUT2D eigenvalue weighted by Crippen LogP contribution is -2.76. The second-order valence-electron chi connectivity index (χ2n) is 10.4. The van der Waals surface area contributed by atoms with Crippen molar-refractivity contribution in [3.63, 3.8) is 0 Å². The van der Waals surface area contributed by atoms with Gasteiger partial charge in [-0.25, -0.2) is 9.32 Å². The predicted molar refractivity (Wildman–Crippen MR) is 108 cm³/mol. The van der Waals surface area contributed by atoms with Crippen LogP contribution in [-0.2, 0) is 38.2 Å². The summed E-state index contributed by atoms with van der Waals surface area (Å²) in [5.41, 5.74) is -3.39. The van der Waals surface area contributed by atoms with Crippen LogP contribution in [-0.4, -0.2) is 54.8 Å². The summed E-state index contributed by atoms with van der Waals surface area (Å²) in [6.45, 7) is 18.4. The van der Waals surface area contributed by atoms with Crippen LogP contribution in [0.1, 0.15) is 75.7 Å². The number of ether oxygens (including phenoxy) is 5. The third kappa shape index (κ3) is 3.35. The molecule has 9 nitrogen and oxygen atoms in total. The highest BCUT2D eigenvalue weighted by Crippen LogP contribution is 2.61. The Kier molecular flexibility index (Phi) is 5.35. The molecule has 0 radical (unpaired) electrons. The molecule has 6 atom stereocenters. The number of rotatable bonds is 5. The Morgan fingerprint density at radius 1 is 1.00 bits per heavy atom. The standard InChI is InChI=1S/C20H37NO8S/c1-11-17(8)24-14-13-18(9,28-19(10,25-13)12(2)3)15(4,5)26-20(14,27-17)16(6,7)29-30(21,22)23/h12-14H,11H2,1-10H3,(H2,21,22,23)/t13-,14-,17?,18-,19?,20+/m0/s1. The zero-order valence-electron chi connectivity index (χ0n) is 19.7.